The lowest BCUT2D eigenvalue weighted by molar-refractivity contribution is -0.142. The first-order chi connectivity index (χ1) is 9.31. The predicted molar refractivity (Wildman–Crippen MR) is 73.8 cm³/mol. The van der Waals surface area contributed by atoms with Crippen LogP contribution >= 0.6 is 0 Å². The Hall–Kier alpha value is -2.29. The molecule has 0 saturated carbocycles. The third kappa shape index (κ3) is 1.97. The largest absolute Gasteiger partial charge is 0.467 e. The normalized spacial score (nSPS) is 17.1. The Morgan fingerprint density at radius 2 is 1.79 bits per heavy atom. The van der Waals surface area contributed by atoms with Crippen molar-refractivity contribution >= 4 is 11.7 Å². The highest BCUT2D eigenvalue weighted by Crippen LogP contribution is 2.37. The molecule has 1 aliphatic rings. The van der Waals surface area contributed by atoms with E-state index in [2.05, 4.69) is 11.0 Å². The fourth-order valence-electron chi connectivity index (χ4n) is 2.61. The number of methoxy groups -OCH3 is 1. The number of fused-ring (bicyclic) bond motifs is 1. The second-order valence-electron chi connectivity index (χ2n) is 4.59. The molecular formula is C16H15NO2. The molecule has 0 N–H and O–H groups in total. The molecule has 3 heteroatoms. The SMILES string of the molecule is COC(=O)[C@H]1c2ccccc2CN1c1ccccc1. The Kier molecular flexibility index (Phi) is 2.95. The zero-order valence-electron chi connectivity index (χ0n) is 10.7. The van der Waals surface area contributed by atoms with Gasteiger partial charge >= 0.3 is 5.97 Å². The molecule has 0 radical (unpaired) electrons. The molecule has 0 saturated heterocycles. The molecule has 2 aromatic carbocycles. The van der Waals surface area contributed by atoms with Gasteiger partial charge in [-0.1, -0.05) is 42.5 Å². The van der Waals surface area contributed by atoms with Gasteiger partial charge in [-0.05, 0) is 23.3 Å². The highest BCUT2D eigenvalue weighted by Gasteiger charge is 2.36. The first-order valence-electron chi connectivity index (χ1n) is 6.28. The summed E-state index contributed by atoms with van der Waals surface area (Å²) < 4.78 is 4.96. The van der Waals surface area contributed by atoms with Crippen molar-refractivity contribution in [1.29, 1.82) is 0 Å². The zero-order valence-corrected chi connectivity index (χ0v) is 10.7. The van der Waals surface area contributed by atoms with E-state index in [4.69, 9.17) is 4.74 Å². The van der Waals surface area contributed by atoms with Crippen LogP contribution in [0.2, 0.25) is 0 Å². The number of para-hydroxylation sites is 1. The topological polar surface area (TPSA) is 29.5 Å². The molecule has 0 unspecified atom stereocenters. The standard InChI is InChI=1S/C16H15NO2/c1-19-16(18)15-14-10-6-5-7-12(14)11-17(15)13-8-3-2-4-9-13/h2-10,15H,11H2,1H3/t15-/m1/s1. The van der Waals surface area contributed by atoms with Gasteiger partial charge in [0.05, 0.1) is 7.11 Å². The van der Waals surface area contributed by atoms with Crippen LogP contribution < -0.4 is 4.90 Å². The summed E-state index contributed by atoms with van der Waals surface area (Å²) in [7, 11) is 1.44. The van der Waals surface area contributed by atoms with Crippen LogP contribution in [0.1, 0.15) is 17.2 Å². The number of anilines is 1. The fraction of sp³-hybridized carbons (Fsp3) is 0.188. The minimum absolute atomic E-state index is 0.214. The van der Waals surface area contributed by atoms with E-state index in [1.54, 1.807) is 0 Å². The maximum absolute atomic E-state index is 12.1. The quantitative estimate of drug-likeness (QED) is 0.771. The molecule has 0 fully saturated rings. The number of carbonyl (C=O) groups excluding carboxylic acids is 1. The molecule has 0 amide bonds. The predicted octanol–water partition coefficient (Wildman–Crippen LogP) is 2.92. The van der Waals surface area contributed by atoms with E-state index in [9.17, 15) is 4.79 Å². The summed E-state index contributed by atoms with van der Waals surface area (Å²) in [5.74, 6) is -0.214. The minimum Gasteiger partial charge on any atom is -0.467 e. The van der Waals surface area contributed by atoms with Gasteiger partial charge in [0.1, 0.15) is 0 Å². The van der Waals surface area contributed by atoms with Crippen LogP contribution in [0.15, 0.2) is 54.6 Å². The number of ether oxygens (including phenoxy) is 1. The molecule has 3 nitrogen and oxygen atoms in total. The fourth-order valence-corrected chi connectivity index (χ4v) is 2.61. The second kappa shape index (κ2) is 4.76. The van der Waals surface area contributed by atoms with E-state index in [-0.39, 0.29) is 12.0 Å². The number of esters is 1. The number of hydrogen-bond acceptors (Lipinski definition) is 3. The van der Waals surface area contributed by atoms with Gasteiger partial charge in [-0.3, -0.25) is 0 Å². The maximum atomic E-state index is 12.1. The highest BCUT2D eigenvalue weighted by atomic mass is 16.5. The van der Waals surface area contributed by atoms with Gasteiger partial charge in [-0.25, -0.2) is 4.79 Å². The lowest BCUT2D eigenvalue weighted by Crippen LogP contribution is -2.28. The van der Waals surface area contributed by atoms with Crippen LogP contribution in [0.4, 0.5) is 5.69 Å². The van der Waals surface area contributed by atoms with Crippen molar-refractivity contribution in [2.45, 2.75) is 12.6 Å². The molecule has 1 aliphatic heterocycles. The van der Waals surface area contributed by atoms with E-state index >= 15 is 0 Å². The zero-order chi connectivity index (χ0) is 13.2. The number of rotatable bonds is 2. The van der Waals surface area contributed by atoms with Gasteiger partial charge in [0.2, 0.25) is 0 Å². The molecule has 19 heavy (non-hydrogen) atoms. The molecule has 0 aromatic heterocycles. The number of benzene rings is 2. The summed E-state index contributed by atoms with van der Waals surface area (Å²) in [6.45, 7) is 0.736. The lowest BCUT2D eigenvalue weighted by atomic mass is 10.1. The van der Waals surface area contributed by atoms with Gasteiger partial charge in [-0.15, -0.1) is 0 Å². The summed E-state index contributed by atoms with van der Waals surface area (Å²) >= 11 is 0. The lowest BCUT2D eigenvalue weighted by Gasteiger charge is -2.25. The second-order valence-corrected chi connectivity index (χ2v) is 4.59. The monoisotopic (exact) mass is 253 g/mol. The minimum atomic E-state index is -0.344. The molecule has 0 spiro atoms. The first kappa shape index (κ1) is 11.8. The van der Waals surface area contributed by atoms with Gasteiger partial charge in [0.15, 0.2) is 6.04 Å². The van der Waals surface area contributed by atoms with Gasteiger partial charge in [0.25, 0.3) is 0 Å². The van der Waals surface area contributed by atoms with E-state index in [0.29, 0.717) is 0 Å². The summed E-state index contributed by atoms with van der Waals surface area (Å²) in [6.07, 6.45) is 0. The molecule has 96 valence electrons. The van der Waals surface area contributed by atoms with Crippen molar-refractivity contribution < 1.29 is 9.53 Å². The van der Waals surface area contributed by atoms with Crippen molar-refractivity contribution in [1.82, 2.24) is 0 Å². The molecular weight excluding hydrogens is 238 g/mol. The molecule has 0 aliphatic carbocycles. The van der Waals surface area contributed by atoms with Crippen molar-refractivity contribution in [2.75, 3.05) is 12.0 Å². The Morgan fingerprint density at radius 3 is 2.53 bits per heavy atom. The van der Waals surface area contributed by atoms with Crippen molar-refractivity contribution in [3.05, 3.63) is 65.7 Å². The molecule has 1 heterocycles. The van der Waals surface area contributed by atoms with Crippen LogP contribution in [-0.2, 0) is 16.1 Å². The van der Waals surface area contributed by atoms with Crippen LogP contribution in [-0.4, -0.2) is 13.1 Å². The van der Waals surface area contributed by atoms with Crippen molar-refractivity contribution in [3.63, 3.8) is 0 Å². The third-order valence-electron chi connectivity index (χ3n) is 3.51. The van der Waals surface area contributed by atoms with E-state index in [0.717, 1.165) is 17.8 Å². The summed E-state index contributed by atoms with van der Waals surface area (Å²) in [6, 6.07) is 17.6. The van der Waals surface area contributed by atoms with Gasteiger partial charge in [0, 0.05) is 12.2 Å². The van der Waals surface area contributed by atoms with E-state index in [1.165, 1.54) is 12.7 Å². The summed E-state index contributed by atoms with van der Waals surface area (Å²) in [5, 5.41) is 0. The first-order valence-corrected chi connectivity index (χ1v) is 6.28. The Labute approximate surface area is 112 Å². The number of nitrogens with zero attached hydrogens (tertiary/aromatic N) is 1. The average molecular weight is 253 g/mol. The van der Waals surface area contributed by atoms with Crippen LogP contribution in [0.3, 0.4) is 0 Å². The molecule has 0 bridgehead atoms. The number of carbonyl (C=O) groups is 1. The summed E-state index contributed by atoms with van der Waals surface area (Å²) in [4.78, 5) is 14.2. The smallest absolute Gasteiger partial charge is 0.333 e. The van der Waals surface area contributed by atoms with Gasteiger partial charge in [-0.2, -0.15) is 0 Å². The molecule has 3 rings (SSSR count). The summed E-state index contributed by atoms with van der Waals surface area (Å²) in [5.41, 5.74) is 3.26. The van der Waals surface area contributed by atoms with E-state index < -0.39 is 0 Å². The Bertz CT molecular complexity index is 595. The van der Waals surface area contributed by atoms with Crippen LogP contribution in [0.25, 0.3) is 0 Å². The number of hydrogen-bond donors (Lipinski definition) is 0. The van der Waals surface area contributed by atoms with Crippen LogP contribution in [0.5, 0.6) is 0 Å². The van der Waals surface area contributed by atoms with E-state index in [1.807, 2.05) is 48.5 Å². The van der Waals surface area contributed by atoms with Gasteiger partial charge < -0.3 is 9.64 Å². The van der Waals surface area contributed by atoms with Crippen molar-refractivity contribution in [3.8, 4) is 0 Å². The van der Waals surface area contributed by atoms with Crippen molar-refractivity contribution in [2.24, 2.45) is 0 Å². The average Bonchev–Trinajstić information content (AvgIpc) is 2.87. The molecule has 2 aromatic rings. The third-order valence-corrected chi connectivity index (χ3v) is 3.51. The molecule has 1 atom stereocenters. The maximum Gasteiger partial charge on any atom is 0.333 e. The highest BCUT2D eigenvalue weighted by molar-refractivity contribution is 5.84. The van der Waals surface area contributed by atoms with Crippen LogP contribution in [0, 0.1) is 0 Å². The Morgan fingerprint density at radius 1 is 1.11 bits per heavy atom. The Balaban J connectivity index is 2.05.